The van der Waals surface area contributed by atoms with E-state index in [0.29, 0.717) is 13.1 Å². The van der Waals surface area contributed by atoms with Crippen molar-refractivity contribution in [2.75, 3.05) is 18.8 Å². The summed E-state index contributed by atoms with van der Waals surface area (Å²) in [6.45, 7) is 3.53. The van der Waals surface area contributed by atoms with Gasteiger partial charge in [0.05, 0.1) is 18.6 Å². The number of nitrogens with one attached hydrogen (secondary N) is 2. The third-order valence-corrected chi connectivity index (χ3v) is 3.52. The zero-order chi connectivity index (χ0) is 11.9. The van der Waals surface area contributed by atoms with Crippen molar-refractivity contribution in [3.8, 4) is 0 Å². The van der Waals surface area contributed by atoms with Gasteiger partial charge in [-0.15, -0.1) is 12.4 Å². The molecule has 0 aliphatic rings. The molecule has 1 rings (SSSR count). The van der Waals surface area contributed by atoms with Crippen LogP contribution in [0.3, 0.4) is 0 Å². The van der Waals surface area contributed by atoms with Crippen LogP contribution in [-0.2, 0) is 16.6 Å². The minimum absolute atomic E-state index is 0. The lowest BCUT2D eigenvalue weighted by molar-refractivity contribution is 0.480. The van der Waals surface area contributed by atoms with Gasteiger partial charge in [0.25, 0.3) is 0 Å². The Morgan fingerprint density at radius 1 is 1.35 bits per heavy atom. The lowest BCUT2D eigenvalue weighted by Crippen LogP contribution is -2.28. The standard InChI is InChI=1S/C10H18N2O3S.ClH/c1-2-16(13,14)12-7-4-6-11-9-10-5-3-8-15-10;/h3,5,8,11-12H,2,4,6-7,9H2,1H3;1H. The minimum Gasteiger partial charge on any atom is -0.468 e. The molecule has 1 aromatic rings. The van der Waals surface area contributed by atoms with Gasteiger partial charge in [-0.3, -0.25) is 0 Å². The molecule has 0 saturated heterocycles. The normalized spacial score (nSPS) is 11.1. The van der Waals surface area contributed by atoms with Crippen molar-refractivity contribution in [1.82, 2.24) is 10.0 Å². The summed E-state index contributed by atoms with van der Waals surface area (Å²) in [4.78, 5) is 0. The van der Waals surface area contributed by atoms with Crippen molar-refractivity contribution in [3.05, 3.63) is 24.2 Å². The summed E-state index contributed by atoms with van der Waals surface area (Å²) in [5.41, 5.74) is 0. The van der Waals surface area contributed by atoms with E-state index in [9.17, 15) is 8.42 Å². The molecule has 1 heterocycles. The fourth-order valence-corrected chi connectivity index (χ4v) is 1.83. The SMILES string of the molecule is CCS(=O)(=O)NCCCNCc1ccco1.Cl. The summed E-state index contributed by atoms with van der Waals surface area (Å²) in [6, 6.07) is 3.74. The predicted molar refractivity (Wildman–Crippen MR) is 69.7 cm³/mol. The number of furan rings is 1. The molecule has 2 N–H and O–H groups in total. The van der Waals surface area contributed by atoms with Crippen LogP contribution in [0.15, 0.2) is 22.8 Å². The van der Waals surface area contributed by atoms with Crippen LogP contribution in [0.5, 0.6) is 0 Å². The Morgan fingerprint density at radius 2 is 2.12 bits per heavy atom. The van der Waals surface area contributed by atoms with Crippen LogP contribution >= 0.6 is 12.4 Å². The monoisotopic (exact) mass is 282 g/mol. The molecule has 0 atom stereocenters. The highest BCUT2D eigenvalue weighted by atomic mass is 35.5. The van der Waals surface area contributed by atoms with Crippen molar-refractivity contribution in [2.45, 2.75) is 19.9 Å². The van der Waals surface area contributed by atoms with Gasteiger partial charge < -0.3 is 9.73 Å². The quantitative estimate of drug-likeness (QED) is 0.701. The Labute approximate surface area is 108 Å². The van der Waals surface area contributed by atoms with Crippen LogP contribution in [0.25, 0.3) is 0 Å². The number of sulfonamides is 1. The Balaban J connectivity index is 0.00000256. The number of halogens is 1. The lowest BCUT2D eigenvalue weighted by atomic mass is 10.4. The second-order valence-electron chi connectivity index (χ2n) is 3.41. The van der Waals surface area contributed by atoms with E-state index in [2.05, 4.69) is 10.0 Å². The summed E-state index contributed by atoms with van der Waals surface area (Å²) < 4.78 is 29.8. The number of rotatable bonds is 8. The predicted octanol–water partition coefficient (Wildman–Crippen LogP) is 1.12. The van der Waals surface area contributed by atoms with Crippen LogP contribution in [0, 0.1) is 0 Å². The molecular formula is C10H19ClN2O3S. The molecule has 0 saturated carbocycles. The molecule has 0 aromatic carbocycles. The van der Waals surface area contributed by atoms with E-state index in [-0.39, 0.29) is 18.2 Å². The largest absolute Gasteiger partial charge is 0.468 e. The number of hydrogen-bond donors (Lipinski definition) is 2. The first kappa shape index (κ1) is 16.4. The van der Waals surface area contributed by atoms with Crippen LogP contribution in [0.1, 0.15) is 19.1 Å². The van der Waals surface area contributed by atoms with E-state index < -0.39 is 10.0 Å². The number of hydrogen-bond acceptors (Lipinski definition) is 4. The Bertz CT molecular complexity index is 378. The van der Waals surface area contributed by atoms with Gasteiger partial charge in [-0.2, -0.15) is 0 Å². The average Bonchev–Trinajstić information content (AvgIpc) is 2.76. The minimum atomic E-state index is -3.05. The van der Waals surface area contributed by atoms with Gasteiger partial charge in [0.1, 0.15) is 5.76 Å². The summed E-state index contributed by atoms with van der Waals surface area (Å²) in [5.74, 6) is 1.02. The molecule has 0 amide bonds. The van der Waals surface area contributed by atoms with Crippen molar-refractivity contribution in [3.63, 3.8) is 0 Å². The molecule has 17 heavy (non-hydrogen) atoms. The smallest absolute Gasteiger partial charge is 0.211 e. The molecule has 0 unspecified atom stereocenters. The summed E-state index contributed by atoms with van der Waals surface area (Å²) >= 11 is 0. The second kappa shape index (κ2) is 8.52. The van der Waals surface area contributed by atoms with E-state index in [1.807, 2.05) is 12.1 Å². The van der Waals surface area contributed by atoms with Crippen LogP contribution in [0.4, 0.5) is 0 Å². The van der Waals surface area contributed by atoms with Gasteiger partial charge in [0.15, 0.2) is 0 Å². The Kier molecular flexibility index (Phi) is 8.24. The maximum Gasteiger partial charge on any atom is 0.211 e. The lowest BCUT2D eigenvalue weighted by Gasteiger charge is -2.04. The molecule has 5 nitrogen and oxygen atoms in total. The van der Waals surface area contributed by atoms with Gasteiger partial charge in [-0.05, 0) is 32.0 Å². The van der Waals surface area contributed by atoms with E-state index in [4.69, 9.17) is 4.42 Å². The van der Waals surface area contributed by atoms with Gasteiger partial charge in [0.2, 0.25) is 10.0 Å². The van der Waals surface area contributed by atoms with E-state index in [1.54, 1.807) is 13.2 Å². The topological polar surface area (TPSA) is 71.3 Å². The van der Waals surface area contributed by atoms with Crippen LogP contribution in [0.2, 0.25) is 0 Å². The van der Waals surface area contributed by atoms with Crippen molar-refractivity contribution in [2.24, 2.45) is 0 Å². The molecule has 1 aromatic heterocycles. The van der Waals surface area contributed by atoms with E-state index in [1.165, 1.54) is 0 Å². The van der Waals surface area contributed by atoms with Crippen LogP contribution < -0.4 is 10.0 Å². The highest BCUT2D eigenvalue weighted by molar-refractivity contribution is 7.89. The van der Waals surface area contributed by atoms with Gasteiger partial charge >= 0.3 is 0 Å². The fraction of sp³-hybridized carbons (Fsp3) is 0.600. The maximum absolute atomic E-state index is 11.1. The molecule has 100 valence electrons. The van der Waals surface area contributed by atoms with Crippen molar-refractivity contribution < 1.29 is 12.8 Å². The first-order valence-corrected chi connectivity index (χ1v) is 6.99. The zero-order valence-corrected chi connectivity index (χ0v) is 11.4. The highest BCUT2D eigenvalue weighted by Crippen LogP contribution is 1.98. The first-order valence-electron chi connectivity index (χ1n) is 5.34. The summed E-state index contributed by atoms with van der Waals surface area (Å²) in [5, 5.41) is 3.16. The zero-order valence-electron chi connectivity index (χ0n) is 9.81. The highest BCUT2D eigenvalue weighted by Gasteiger charge is 2.03. The van der Waals surface area contributed by atoms with E-state index >= 15 is 0 Å². The van der Waals surface area contributed by atoms with Crippen molar-refractivity contribution >= 4 is 22.4 Å². The van der Waals surface area contributed by atoms with Gasteiger partial charge in [-0.25, -0.2) is 13.1 Å². The van der Waals surface area contributed by atoms with Gasteiger partial charge in [0, 0.05) is 6.54 Å². The third kappa shape index (κ3) is 7.38. The van der Waals surface area contributed by atoms with Gasteiger partial charge in [-0.1, -0.05) is 0 Å². The molecule has 7 heteroatoms. The summed E-state index contributed by atoms with van der Waals surface area (Å²) in [7, 11) is -3.05. The first-order chi connectivity index (χ1) is 7.64. The average molecular weight is 283 g/mol. The molecular weight excluding hydrogens is 264 g/mol. The second-order valence-corrected chi connectivity index (χ2v) is 5.50. The fourth-order valence-electron chi connectivity index (χ4n) is 1.17. The summed E-state index contributed by atoms with van der Waals surface area (Å²) in [6.07, 6.45) is 2.40. The van der Waals surface area contributed by atoms with Crippen LogP contribution in [-0.4, -0.2) is 27.3 Å². The molecule has 0 aliphatic carbocycles. The molecule has 0 bridgehead atoms. The molecule has 0 radical (unpaired) electrons. The Hall–Kier alpha value is -0.560. The Morgan fingerprint density at radius 3 is 2.71 bits per heavy atom. The molecule has 0 aliphatic heterocycles. The third-order valence-electron chi connectivity index (χ3n) is 2.11. The molecule has 0 fully saturated rings. The van der Waals surface area contributed by atoms with Crippen molar-refractivity contribution in [1.29, 1.82) is 0 Å². The maximum atomic E-state index is 11.1. The molecule has 0 spiro atoms. The van der Waals surface area contributed by atoms with E-state index in [0.717, 1.165) is 18.7 Å².